The summed E-state index contributed by atoms with van der Waals surface area (Å²) < 4.78 is 0. The third-order valence-corrected chi connectivity index (χ3v) is 9.05. The number of allylic oxidation sites excluding steroid dienone is 12. The summed E-state index contributed by atoms with van der Waals surface area (Å²) in [4.78, 5) is 26.5. The standard InChI is InChI=1S/C31H38O2/c1-2-22-13-7-15-25(22)29(32)17-18-30(33)28-20-27-24(19-21-9-3-4-10-21)14-8-16-26(27)31(28)23-11-5-6-12-23/h3-7,9,11,13,24,26-28,31H,2,8,10,12,14-20H2,1H3. The lowest BCUT2D eigenvalue weighted by atomic mass is 9.68. The summed E-state index contributed by atoms with van der Waals surface area (Å²) in [6.45, 7) is 2.10. The number of hydrogen-bond donors (Lipinski definition) is 0. The van der Waals surface area contributed by atoms with Gasteiger partial charge in [-0.15, -0.1) is 0 Å². The lowest BCUT2D eigenvalue weighted by Crippen LogP contribution is -2.29. The Morgan fingerprint density at radius 2 is 1.79 bits per heavy atom. The molecule has 5 unspecified atom stereocenters. The van der Waals surface area contributed by atoms with E-state index in [2.05, 4.69) is 55.5 Å². The number of Topliss-reactive ketones (excluding diaryl/α,β-unsaturated/α-hetero) is 2. The summed E-state index contributed by atoms with van der Waals surface area (Å²) in [5, 5.41) is 0. The van der Waals surface area contributed by atoms with Crippen molar-refractivity contribution >= 4 is 11.6 Å². The lowest BCUT2D eigenvalue weighted by Gasteiger charge is -2.37. The molecule has 5 aliphatic rings. The summed E-state index contributed by atoms with van der Waals surface area (Å²) in [7, 11) is 0. The minimum atomic E-state index is 0.108. The van der Waals surface area contributed by atoms with Crippen molar-refractivity contribution in [1.82, 2.24) is 0 Å². The van der Waals surface area contributed by atoms with Crippen LogP contribution in [0.25, 0.3) is 0 Å². The lowest BCUT2D eigenvalue weighted by molar-refractivity contribution is -0.126. The predicted molar refractivity (Wildman–Crippen MR) is 135 cm³/mol. The number of carbonyl (C=O) groups is 2. The summed E-state index contributed by atoms with van der Waals surface area (Å²) >= 11 is 0. The first-order chi connectivity index (χ1) is 16.2. The van der Waals surface area contributed by atoms with E-state index >= 15 is 0 Å². The molecule has 174 valence electrons. The first-order valence-corrected chi connectivity index (χ1v) is 13.3. The van der Waals surface area contributed by atoms with Crippen molar-refractivity contribution in [3.63, 3.8) is 0 Å². The summed E-state index contributed by atoms with van der Waals surface area (Å²) in [5.74, 6) is 3.06. The van der Waals surface area contributed by atoms with E-state index in [1.807, 2.05) is 0 Å². The predicted octanol–water partition coefficient (Wildman–Crippen LogP) is 7.40. The Labute approximate surface area is 199 Å². The zero-order valence-electron chi connectivity index (χ0n) is 20.1. The van der Waals surface area contributed by atoms with Crippen molar-refractivity contribution in [2.45, 2.75) is 77.6 Å². The maximum atomic E-state index is 13.6. The SMILES string of the molecule is CCC1=C(C(=O)CCC(=O)C2CC3C(CC4=CC=CC4)CCCC3C2C2=CC=CC2)CC=C1. The van der Waals surface area contributed by atoms with Gasteiger partial charge in [0.05, 0.1) is 0 Å². The zero-order valence-corrected chi connectivity index (χ0v) is 20.1. The summed E-state index contributed by atoms with van der Waals surface area (Å²) in [5.41, 5.74) is 5.16. The van der Waals surface area contributed by atoms with Gasteiger partial charge in [-0.3, -0.25) is 9.59 Å². The van der Waals surface area contributed by atoms with Gasteiger partial charge in [-0.2, -0.15) is 0 Å². The highest BCUT2D eigenvalue weighted by molar-refractivity contribution is 5.99. The molecule has 2 nitrogen and oxygen atoms in total. The van der Waals surface area contributed by atoms with Crippen molar-refractivity contribution < 1.29 is 9.59 Å². The fraction of sp³-hybridized carbons (Fsp3) is 0.548. The fourth-order valence-electron chi connectivity index (χ4n) is 7.50. The van der Waals surface area contributed by atoms with Gasteiger partial charge in [-0.05, 0) is 80.6 Å². The minimum absolute atomic E-state index is 0.108. The Hall–Kier alpha value is -2.22. The second-order valence-corrected chi connectivity index (χ2v) is 10.8. The Morgan fingerprint density at radius 1 is 0.939 bits per heavy atom. The first kappa shape index (κ1) is 22.6. The molecule has 0 aromatic heterocycles. The molecule has 0 amide bonds. The van der Waals surface area contributed by atoms with E-state index < -0.39 is 0 Å². The van der Waals surface area contributed by atoms with Crippen LogP contribution in [0.4, 0.5) is 0 Å². The minimum Gasteiger partial charge on any atom is -0.299 e. The van der Waals surface area contributed by atoms with E-state index in [-0.39, 0.29) is 11.7 Å². The number of carbonyl (C=O) groups excluding carboxylic acids is 2. The zero-order chi connectivity index (χ0) is 22.8. The summed E-state index contributed by atoms with van der Waals surface area (Å²) in [6.07, 6.45) is 28.3. The number of ketones is 2. The Bertz CT molecular complexity index is 982. The van der Waals surface area contributed by atoms with E-state index in [1.54, 1.807) is 5.57 Å². The third kappa shape index (κ3) is 4.59. The maximum absolute atomic E-state index is 13.6. The Kier molecular flexibility index (Phi) is 6.81. The van der Waals surface area contributed by atoms with Gasteiger partial charge in [0.1, 0.15) is 5.78 Å². The molecule has 0 radical (unpaired) electrons. The van der Waals surface area contributed by atoms with Gasteiger partial charge >= 0.3 is 0 Å². The number of fused-ring (bicyclic) bond motifs is 1. The Balaban J connectivity index is 1.30. The molecule has 0 aromatic rings. The van der Waals surface area contributed by atoms with Crippen LogP contribution in [0, 0.1) is 29.6 Å². The van der Waals surface area contributed by atoms with E-state index in [1.165, 1.54) is 31.3 Å². The molecule has 33 heavy (non-hydrogen) atoms. The summed E-state index contributed by atoms with van der Waals surface area (Å²) in [6, 6.07) is 0. The quantitative estimate of drug-likeness (QED) is 0.373. The average Bonchev–Trinajstić information content (AvgIpc) is 3.62. The highest BCUT2D eigenvalue weighted by atomic mass is 16.1. The van der Waals surface area contributed by atoms with Crippen LogP contribution < -0.4 is 0 Å². The molecule has 2 heteroatoms. The molecular formula is C31H38O2. The van der Waals surface area contributed by atoms with Gasteiger partial charge in [-0.1, -0.05) is 73.1 Å². The van der Waals surface area contributed by atoms with Crippen molar-refractivity contribution in [3.05, 3.63) is 70.9 Å². The molecule has 2 fully saturated rings. The molecule has 0 spiro atoms. The molecule has 5 rings (SSSR count). The van der Waals surface area contributed by atoms with Crippen LogP contribution in [0.2, 0.25) is 0 Å². The first-order valence-electron chi connectivity index (χ1n) is 13.3. The Morgan fingerprint density at radius 3 is 2.55 bits per heavy atom. The van der Waals surface area contributed by atoms with Crippen LogP contribution in [0.5, 0.6) is 0 Å². The smallest absolute Gasteiger partial charge is 0.159 e. The topological polar surface area (TPSA) is 34.1 Å². The van der Waals surface area contributed by atoms with Gasteiger partial charge in [-0.25, -0.2) is 0 Å². The van der Waals surface area contributed by atoms with E-state index in [9.17, 15) is 9.59 Å². The largest absolute Gasteiger partial charge is 0.299 e. The van der Waals surface area contributed by atoms with Crippen LogP contribution in [0.1, 0.15) is 77.6 Å². The second-order valence-electron chi connectivity index (χ2n) is 10.8. The highest BCUT2D eigenvalue weighted by Gasteiger charge is 2.50. The van der Waals surface area contributed by atoms with Gasteiger partial charge in [0.2, 0.25) is 0 Å². The number of rotatable bonds is 9. The van der Waals surface area contributed by atoms with Crippen LogP contribution in [-0.4, -0.2) is 11.6 Å². The van der Waals surface area contributed by atoms with Crippen molar-refractivity contribution in [2.24, 2.45) is 29.6 Å². The van der Waals surface area contributed by atoms with Gasteiger partial charge in [0.25, 0.3) is 0 Å². The molecule has 2 saturated carbocycles. The molecule has 0 bridgehead atoms. The molecule has 0 aromatic carbocycles. The third-order valence-electron chi connectivity index (χ3n) is 9.05. The highest BCUT2D eigenvalue weighted by Crippen LogP contribution is 2.56. The van der Waals surface area contributed by atoms with Crippen LogP contribution >= 0.6 is 0 Å². The normalized spacial score (nSPS) is 32.5. The average molecular weight is 443 g/mol. The van der Waals surface area contributed by atoms with Gasteiger partial charge in [0, 0.05) is 24.3 Å². The van der Waals surface area contributed by atoms with Crippen molar-refractivity contribution in [2.75, 3.05) is 0 Å². The van der Waals surface area contributed by atoms with E-state index in [0.29, 0.717) is 42.3 Å². The molecule has 0 N–H and O–H groups in total. The molecule has 0 heterocycles. The van der Waals surface area contributed by atoms with Gasteiger partial charge < -0.3 is 0 Å². The molecular weight excluding hydrogens is 404 g/mol. The molecule has 5 aliphatic carbocycles. The fourth-order valence-corrected chi connectivity index (χ4v) is 7.50. The maximum Gasteiger partial charge on any atom is 0.159 e. The monoisotopic (exact) mass is 442 g/mol. The number of hydrogen-bond acceptors (Lipinski definition) is 2. The molecule has 0 saturated heterocycles. The van der Waals surface area contributed by atoms with Crippen LogP contribution in [0.15, 0.2) is 70.9 Å². The van der Waals surface area contributed by atoms with Gasteiger partial charge in [0.15, 0.2) is 5.78 Å². The van der Waals surface area contributed by atoms with Crippen molar-refractivity contribution in [1.29, 1.82) is 0 Å². The van der Waals surface area contributed by atoms with Crippen LogP contribution in [-0.2, 0) is 9.59 Å². The second kappa shape index (κ2) is 9.95. The van der Waals surface area contributed by atoms with Crippen LogP contribution in [0.3, 0.4) is 0 Å². The molecule has 0 aliphatic heterocycles. The van der Waals surface area contributed by atoms with E-state index in [0.717, 1.165) is 43.3 Å². The van der Waals surface area contributed by atoms with Crippen molar-refractivity contribution in [3.8, 4) is 0 Å². The molecule has 5 atom stereocenters. The van der Waals surface area contributed by atoms with E-state index in [4.69, 9.17) is 0 Å².